The Hall–Kier alpha value is -1.78. The Labute approximate surface area is 303 Å². The number of rotatable bonds is 37. The second-order valence-corrected chi connectivity index (χ2v) is 14.9. The van der Waals surface area contributed by atoms with E-state index in [1.165, 1.54) is 83.5 Å². The predicted octanol–water partition coefficient (Wildman–Crippen LogP) is 9.73. The van der Waals surface area contributed by atoms with Gasteiger partial charge in [0.2, 0.25) is 0 Å². The Bertz CT molecular complexity index is 916. The quantitative estimate of drug-likeness (QED) is 0.0240. The number of carbonyl (C=O) groups excluding carboxylic acids is 2. The van der Waals surface area contributed by atoms with E-state index in [9.17, 15) is 23.8 Å². The van der Waals surface area contributed by atoms with Crippen LogP contribution in [0.4, 0.5) is 0 Å². The van der Waals surface area contributed by atoms with E-state index in [2.05, 4.69) is 30.5 Å². The molecule has 0 aliphatic rings. The van der Waals surface area contributed by atoms with E-state index in [0.29, 0.717) is 12.8 Å². The monoisotopic (exact) mass is 733 g/mol. The molecule has 0 aromatic heterocycles. The zero-order valence-electron chi connectivity index (χ0n) is 31.5. The highest BCUT2D eigenvalue weighted by atomic mass is 31.2. The third-order valence-electron chi connectivity index (χ3n) is 8.51. The predicted molar refractivity (Wildman–Crippen MR) is 199 cm³/mol. The third kappa shape index (κ3) is 33.4. The summed E-state index contributed by atoms with van der Waals surface area (Å²) in [5.41, 5.74) is 5.32. The second kappa shape index (κ2) is 34.3. The molecule has 0 bridgehead atoms. The standard InChI is InChI=1S/C38H72NO10P/c1-3-5-7-9-11-13-15-17-18-20-22-24-26-28-30-37(41)49-34(32-47-50(44,45)48-33-35(39)38(42)43)31-46-36(40)29-27-25-23-21-19-16-14-12-10-8-6-4-2/h15,17,34-35H,3-14,16,18-33,39H2,1-2H3,(H,42,43)(H,44,45)/b17-15-/t34-,35+/m1/s1. The number of ether oxygens (including phenoxy) is 2. The van der Waals surface area contributed by atoms with E-state index in [1.54, 1.807) is 0 Å². The molecule has 0 fully saturated rings. The molecule has 0 aromatic carbocycles. The zero-order chi connectivity index (χ0) is 37.1. The number of aliphatic carboxylic acids is 1. The van der Waals surface area contributed by atoms with Gasteiger partial charge >= 0.3 is 25.7 Å². The molecule has 3 atom stereocenters. The Morgan fingerprint density at radius 1 is 0.600 bits per heavy atom. The summed E-state index contributed by atoms with van der Waals surface area (Å²) in [6, 6.07) is -1.52. The second-order valence-electron chi connectivity index (χ2n) is 13.4. The van der Waals surface area contributed by atoms with Gasteiger partial charge in [-0.2, -0.15) is 0 Å². The van der Waals surface area contributed by atoms with Crippen molar-refractivity contribution in [2.45, 2.75) is 193 Å². The molecule has 0 aliphatic heterocycles. The number of carboxylic acid groups (broad SMARTS) is 1. The number of allylic oxidation sites excluding steroid dienone is 2. The van der Waals surface area contributed by atoms with E-state index in [-0.39, 0.29) is 19.4 Å². The lowest BCUT2D eigenvalue weighted by Gasteiger charge is -2.20. The summed E-state index contributed by atoms with van der Waals surface area (Å²) in [6.07, 6.45) is 31.3. The number of hydrogen-bond acceptors (Lipinski definition) is 9. The largest absolute Gasteiger partial charge is 0.480 e. The van der Waals surface area contributed by atoms with E-state index in [1.807, 2.05) is 0 Å². The maximum atomic E-state index is 12.6. The summed E-state index contributed by atoms with van der Waals surface area (Å²) >= 11 is 0. The third-order valence-corrected chi connectivity index (χ3v) is 9.46. The SMILES string of the molecule is CCCCCCC/C=C\CCCCCCCC(=O)O[C@H](COC(=O)CCCCCCCCCCCCCC)COP(=O)(O)OC[C@H](N)C(=O)O. The van der Waals surface area contributed by atoms with Crippen molar-refractivity contribution < 1.29 is 47.5 Å². The highest BCUT2D eigenvalue weighted by molar-refractivity contribution is 7.47. The van der Waals surface area contributed by atoms with Crippen LogP contribution in [0.3, 0.4) is 0 Å². The van der Waals surface area contributed by atoms with E-state index in [4.69, 9.17) is 24.8 Å². The molecule has 0 rings (SSSR count). The lowest BCUT2D eigenvalue weighted by atomic mass is 10.0. The first-order valence-corrected chi connectivity index (χ1v) is 21.2. The van der Waals surface area contributed by atoms with Crippen LogP contribution in [-0.2, 0) is 37.5 Å². The summed E-state index contributed by atoms with van der Waals surface area (Å²) in [4.78, 5) is 45.7. The van der Waals surface area contributed by atoms with Crippen LogP contribution in [0, 0.1) is 0 Å². The van der Waals surface area contributed by atoms with Crippen LogP contribution in [-0.4, -0.2) is 59.9 Å². The maximum absolute atomic E-state index is 12.6. The fourth-order valence-corrected chi connectivity index (χ4v) is 6.13. The van der Waals surface area contributed by atoms with E-state index >= 15 is 0 Å². The van der Waals surface area contributed by atoms with E-state index < -0.39 is 51.1 Å². The minimum Gasteiger partial charge on any atom is -0.480 e. The van der Waals surface area contributed by atoms with Crippen LogP contribution in [0.15, 0.2) is 12.2 Å². The van der Waals surface area contributed by atoms with Gasteiger partial charge in [-0.1, -0.05) is 142 Å². The fraction of sp³-hybridized carbons (Fsp3) is 0.868. The first-order chi connectivity index (χ1) is 24.1. The maximum Gasteiger partial charge on any atom is 0.472 e. The van der Waals surface area contributed by atoms with Crippen LogP contribution in [0.1, 0.15) is 181 Å². The topological polar surface area (TPSA) is 172 Å². The molecule has 0 saturated carbocycles. The van der Waals surface area contributed by atoms with Crippen molar-refractivity contribution >= 4 is 25.7 Å². The molecular weight excluding hydrogens is 661 g/mol. The zero-order valence-corrected chi connectivity index (χ0v) is 32.4. The number of hydrogen-bond donors (Lipinski definition) is 3. The van der Waals surface area contributed by atoms with Gasteiger partial charge in [-0.25, -0.2) is 4.57 Å². The molecule has 12 heteroatoms. The van der Waals surface area contributed by atoms with Crippen LogP contribution in [0.2, 0.25) is 0 Å². The summed E-state index contributed by atoms with van der Waals surface area (Å²) in [5, 5.41) is 8.86. The van der Waals surface area contributed by atoms with Gasteiger partial charge in [0.25, 0.3) is 0 Å². The van der Waals surface area contributed by atoms with Crippen LogP contribution in [0.25, 0.3) is 0 Å². The Balaban J connectivity index is 4.43. The lowest BCUT2D eigenvalue weighted by Crippen LogP contribution is -2.34. The molecule has 4 N–H and O–H groups in total. The molecular formula is C38H72NO10P. The van der Waals surface area contributed by atoms with Crippen molar-refractivity contribution in [3.8, 4) is 0 Å². The van der Waals surface area contributed by atoms with Gasteiger partial charge in [0.15, 0.2) is 6.10 Å². The van der Waals surface area contributed by atoms with Gasteiger partial charge < -0.3 is 25.2 Å². The van der Waals surface area contributed by atoms with Crippen molar-refractivity contribution in [3.05, 3.63) is 12.2 Å². The van der Waals surface area contributed by atoms with E-state index in [0.717, 1.165) is 57.8 Å². The normalized spacial score (nSPS) is 14.0. The van der Waals surface area contributed by atoms with Gasteiger partial charge in [-0.15, -0.1) is 0 Å². The molecule has 0 spiro atoms. The highest BCUT2D eigenvalue weighted by Gasteiger charge is 2.28. The first-order valence-electron chi connectivity index (χ1n) is 19.7. The molecule has 11 nitrogen and oxygen atoms in total. The molecule has 0 aliphatic carbocycles. The van der Waals surface area contributed by atoms with Gasteiger partial charge in [0.1, 0.15) is 12.6 Å². The number of carbonyl (C=O) groups is 3. The Morgan fingerprint density at radius 3 is 1.46 bits per heavy atom. The van der Waals surface area contributed by atoms with Crippen molar-refractivity contribution in [3.63, 3.8) is 0 Å². The minimum atomic E-state index is -4.71. The van der Waals surface area contributed by atoms with Crippen LogP contribution >= 0.6 is 7.82 Å². The molecule has 0 amide bonds. The van der Waals surface area contributed by atoms with Crippen molar-refractivity contribution in [2.75, 3.05) is 19.8 Å². The average Bonchev–Trinajstić information content (AvgIpc) is 3.09. The summed E-state index contributed by atoms with van der Waals surface area (Å²) in [7, 11) is -4.71. The molecule has 1 unspecified atom stereocenters. The Kier molecular flexibility index (Phi) is 33.1. The van der Waals surface area contributed by atoms with Crippen molar-refractivity contribution in [1.82, 2.24) is 0 Å². The first kappa shape index (κ1) is 48.2. The number of carboxylic acids is 1. The molecule has 0 radical (unpaired) electrons. The van der Waals surface area contributed by atoms with Crippen molar-refractivity contribution in [2.24, 2.45) is 5.73 Å². The molecule has 294 valence electrons. The van der Waals surface area contributed by atoms with Gasteiger partial charge in [0.05, 0.1) is 13.2 Å². The summed E-state index contributed by atoms with van der Waals surface area (Å²) in [6.45, 7) is 2.77. The minimum absolute atomic E-state index is 0.155. The molecule has 0 aromatic rings. The van der Waals surface area contributed by atoms with Gasteiger partial charge in [-0.3, -0.25) is 23.4 Å². The van der Waals surface area contributed by atoms with Crippen molar-refractivity contribution in [1.29, 1.82) is 0 Å². The molecule has 0 saturated heterocycles. The molecule has 0 heterocycles. The Morgan fingerprint density at radius 2 is 1.00 bits per heavy atom. The van der Waals surface area contributed by atoms with Crippen LogP contribution in [0.5, 0.6) is 0 Å². The van der Waals surface area contributed by atoms with Gasteiger partial charge in [0, 0.05) is 12.8 Å². The number of nitrogens with two attached hydrogens (primary N) is 1. The number of phosphoric acid groups is 1. The molecule has 50 heavy (non-hydrogen) atoms. The fourth-order valence-electron chi connectivity index (χ4n) is 5.35. The number of phosphoric ester groups is 1. The number of esters is 2. The smallest absolute Gasteiger partial charge is 0.472 e. The number of unbranched alkanes of at least 4 members (excludes halogenated alkanes) is 21. The average molecular weight is 734 g/mol. The van der Waals surface area contributed by atoms with Crippen LogP contribution < -0.4 is 5.73 Å². The summed E-state index contributed by atoms with van der Waals surface area (Å²) < 4.78 is 32.6. The summed E-state index contributed by atoms with van der Waals surface area (Å²) in [5.74, 6) is -2.38. The van der Waals surface area contributed by atoms with Gasteiger partial charge in [-0.05, 0) is 38.5 Å². The lowest BCUT2D eigenvalue weighted by molar-refractivity contribution is -0.161. The highest BCUT2D eigenvalue weighted by Crippen LogP contribution is 2.43.